The molecule has 1 aromatic carbocycles. The van der Waals surface area contributed by atoms with Crippen LogP contribution in [0.25, 0.3) is 0 Å². The molecule has 2 N–H and O–H groups in total. The molecule has 0 amide bonds. The van der Waals surface area contributed by atoms with Crippen molar-refractivity contribution in [3.8, 4) is 0 Å². The number of nitrogens with one attached hydrogen (secondary N) is 2. The average Bonchev–Trinajstić information content (AvgIpc) is 2.36. The summed E-state index contributed by atoms with van der Waals surface area (Å²) in [7, 11) is 0. The Kier molecular flexibility index (Phi) is 6.63. The highest BCUT2D eigenvalue weighted by atomic mass is 19.2. The minimum atomic E-state index is 0.0129. The fourth-order valence-corrected chi connectivity index (χ4v) is 1.90. The van der Waals surface area contributed by atoms with Crippen LogP contribution in [-0.4, -0.2) is 12.1 Å². The fourth-order valence-electron chi connectivity index (χ4n) is 1.90. The molecule has 0 heterocycles. The molecule has 0 saturated heterocycles. The summed E-state index contributed by atoms with van der Waals surface area (Å²) in [4.78, 5) is 0. The molecule has 1 aromatic rings. The number of para-hydroxylation sites is 1. The lowest BCUT2D eigenvalue weighted by Gasteiger charge is -2.16. The molecule has 2 nitrogen and oxygen atoms in total. The third-order valence-corrected chi connectivity index (χ3v) is 3.02. The number of halogens is 1. The van der Waals surface area contributed by atoms with Crippen LogP contribution in [0.15, 0.2) is 30.3 Å². The average molecular weight is 238 g/mol. The summed E-state index contributed by atoms with van der Waals surface area (Å²) in [5.41, 5.74) is 3.00. The van der Waals surface area contributed by atoms with Gasteiger partial charge in [-0.2, -0.15) is 5.54 Å². The SMILES string of the molecule is CCC(CCCC(C)Nc1ccccc1)NF. The van der Waals surface area contributed by atoms with Crippen LogP contribution in [0.4, 0.5) is 10.2 Å². The van der Waals surface area contributed by atoms with Crippen molar-refractivity contribution in [2.24, 2.45) is 0 Å². The van der Waals surface area contributed by atoms with Crippen LogP contribution < -0.4 is 10.9 Å². The lowest BCUT2D eigenvalue weighted by Crippen LogP contribution is -2.22. The zero-order chi connectivity index (χ0) is 12.5. The molecule has 0 bridgehead atoms. The van der Waals surface area contributed by atoms with E-state index in [0.717, 1.165) is 31.4 Å². The van der Waals surface area contributed by atoms with E-state index in [4.69, 9.17) is 0 Å². The van der Waals surface area contributed by atoms with Gasteiger partial charge in [-0.1, -0.05) is 25.1 Å². The van der Waals surface area contributed by atoms with Crippen LogP contribution in [0.1, 0.15) is 39.5 Å². The van der Waals surface area contributed by atoms with Crippen molar-refractivity contribution in [3.05, 3.63) is 30.3 Å². The molecule has 3 heteroatoms. The van der Waals surface area contributed by atoms with E-state index in [1.165, 1.54) is 0 Å². The molecule has 17 heavy (non-hydrogen) atoms. The normalized spacial score (nSPS) is 14.3. The Bertz CT molecular complexity index is 286. The summed E-state index contributed by atoms with van der Waals surface area (Å²) in [5.74, 6) is 0. The van der Waals surface area contributed by atoms with Gasteiger partial charge >= 0.3 is 0 Å². The molecule has 0 fully saturated rings. The Morgan fingerprint density at radius 3 is 2.47 bits per heavy atom. The van der Waals surface area contributed by atoms with Gasteiger partial charge < -0.3 is 5.32 Å². The van der Waals surface area contributed by atoms with Gasteiger partial charge in [0, 0.05) is 17.8 Å². The van der Waals surface area contributed by atoms with E-state index in [1.807, 2.05) is 30.7 Å². The summed E-state index contributed by atoms with van der Waals surface area (Å²) in [6, 6.07) is 10.6. The quantitative estimate of drug-likeness (QED) is 0.671. The van der Waals surface area contributed by atoms with Crippen LogP contribution >= 0.6 is 0 Å². The highest BCUT2D eigenvalue weighted by Gasteiger charge is 2.06. The molecular formula is C14H23FN2. The molecule has 2 atom stereocenters. The number of hydrogen-bond acceptors (Lipinski definition) is 2. The van der Waals surface area contributed by atoms with Crippen molar-refractivity contribution >= 4 is 5.69 Å². The van der Waals surface area contributed by atoms with E-state index in [-0.39, 0.29) is 6.04 Å². The maximum atomic E-state index is 12.3. The second kappa shape index (κ2) is 8.07. The van der Waals surface area contributed by atoms with E-state index >= 15 is 0 Å². The molecule has 0 saturated carbocycles. The molecule has 0 aliphatic heterocycles. The van der Waals surface area contributed by atoms with E-state index in [2.05, 4.69) is 24.4 Å². The second-order valence-corrected chi connectivity index (χ2v) is 4.56. The molecule has 0 spiro atoms. The van der Waals surface area contributed by atoms with Crippen LogP contribution in [0.5, 0.6) is 0 Å². The minimum absolute atomic E-state index is 0.0129. The zero-order valence-electron chi connectivity index (χ0n) is 10.7. The van der Waals surface area contributed by atoms with Crippen molar-refractivity contribution < 1.29 is 4.48 Å². The molecule has 0 aromatic heterocycles. The first-order valence-corrected chi connectivity index (χ1v) is 6.44. The Hall–Kier alpha value is -1.09. The Balaban J connectivity index is 2.19. The van der Waals surface area contributed by atoms with Gasteiger partial charge in [-0.15, -0.1) is 4.48 Å². The molecule has 0 radical (unpaired) electrons. The Labute approximate surface area is 104 Å². The fraction of sp³-hybridized carbons (Fsp3) is 0.571. The first kappa shape index (κ1) is 14.0. The van der Waals surface area contributed by atoms with E-state index < -0.39 is 0 Å². The molecule has 0 aliphatic rings. The predicted molar refractivity (Wildman–Crippen MR) is 71.7 cm³/mol. The molecule has 96 valence electrons. The van der Waals surface area contributed by atoms with Crippen molar-refractivity contribution in [2.75, 3.05) is 5.32 Å². The number of rotatable bonds is 8. The van der Waals surface area contributed by atoms with E-state index in [1.54, 1.807) is 0 Å². The monoisotopic (exact) mass is 238 g/mol. The van der Waals surface area contributed by atoms with Gasteiger partial charge in [-0.05, 0) is 44.7 Å². The van der Waals surface area contributed by atoms with Crippen LogP contribution in [0.3, 0.4) is 0 Å². The van der Waals surface area contributed by atoms with Gasteiger partial charge in [-0.3, -0.25) is 0 Å². The maximum absolute atomic E-state index is 12.3. The number of benzene rings is 1. The van der Waals surface area contributed by atoms with Gasteiger partial charge in [0.15, 0.2) is 0 Å². The van der Waals surface area contributed by atoms with Crippen molar-refractivity contribution in [2.45, 2.75) is 51.6 Å². The smallest absolute Gasteiger partial charge is 0.0369 e. The second-order valence-electron chi connectivity index (χ2n) is 4.56. The summed E-state index contributed by atoms with van der Waals surface area (Å²) >= 11 is 0. The van der Waals surface area contributed by atoms with Gasteiger partial charge in [0.2, 0.25) is 0 Å². The predicted octanol–water partition coefficient (Wildman–Crippen LogP) is 3.91. The highest BCUT2D eigenvalue weighted by molar-refractivity contribution is 5.43. The summed E-state index contributed by atoms with van der Waals surface area (Å²) < 4.78 is 12.3. The van der Waals surface area contributed by atoms with Gasteiger partial charge in [0.05, 0.1) is 0 Å². The summed E-state index contributed by atoms with van der Waals surface area (Å²) in [5, 5.41) is 3.44. The topological polar surface area (TPSA) is 24.1 Å². The lowest BCUT2D eigenvalue weighted by molar-refractivity contribution is 0.251. The van der Waals surface area contributed by atoms with Gasteiger partial charge in [0.1, 0.15) is 0 Å². The molecule has 2 unspecified atom stereocenters. The van der Waals surface area contributed by atoms with Gasteiger partial charge in [0.25, 0.3) is 0 Å². The first-order chi connectivity index (χ1) is 8.26. The van der Waals surface area contributed by atoms with Crippen molar-refractivity contribution in [1.29, 1.82) is 0 Å². The third-order valence-electron chi connectivity index (χ3n) is 3.02. The largest absolute Gasteiger partial charge is 0.383 e. The molecule has 0 aliphatic carbocycles. The Morgan fingerprint density at radius 2 is 1.88 bits per heavy atom. The Morgan fingerprint density at radius 1 is 1.18 bits per heavy atom. The standard InChI is InChI=1S/C14H23FN2/c1-3-13(17-15)11-7-8-12(2)16-14-9-5-4-6-10-14/h4-6,9-10,12-13,16-17H,3,7-8,11H2,1-2H3. The van der Waals surface area contributed by atoms with Crippen molar-refractivity contribution in [3.63, 3.8) is 0 Å². The highest BCUT2D eigenvalue weighted by Crippen LogP contribution is 2.12. The van der Waals surface area contributed by atoms with Crippen LogP contribution in [-0.2, 0) is 0 Å². The lowest BCUT2D eigenvalue weighted by atomic mass is 10.1. The number of hydrogen-bond donors (Lipinski definition) is 2. The van der Waals surface area contributed by atoms with Crippen molar-refractivity contribution in [1.82, 2.24) is 5.54 Å². The summed E-state index contributed by atoms with van der Waals surface area (Å²) in [6.07, 6.45) is 3.84. The van der Waals surface area contributed by atoms with Crippen LogP contribution in [0.2, 0.25) is 0 Å². The minimum Gasteiger partial charge on any atom is -0.383 e. The van der Waals surface area contributed by atoms with E-state index in [0.29, 0.717) is 6.04 Å². The van der Waals surface area contributed by atoms with Gasteiger partial charge in [-0.25, -0.2) is 0 Å². The maximum Gasteiger partial charge on any atom is 0.0369 e. The number of anilines is 1. The first-order valence-electron chi connectivity index (χ1n) is 6.44. The molecule has 1 rings (SSSR count). The zero-order valence-corrected chi connectivity index (χ0v) is 10.7. The summed E-state index contributed by atoms with van der Waals surface area (Å²) in [6.45, 7) is 4.17. The van der Waals surface area contributed by atoms with E-state index in [9.17, 15) is 4.48 Å². The molecular weight excluding hydrogens is 215 g/mol. The van der Waals surface area contributed by atoms with Crippen LogP contribution in [0, 0.1) is 0 Å². The third kappa shape index (κ3) is 5.68.